The fourth-order valence-corrected chi connectivity index (χ4v) is 3.18. The van der Waals surface area contributed by atoms with Gasteiger partial charge in [0.25, 0.3) is 0 Å². The van der Waals surface area contributed by atoms with Crippen LogP contribution in [-0.2, 0) is 0 Å². The van der Waals surface area contributed by atoms with E-state index in [0.717, 1.165) is 26.2 Å². The van der Waals surface area contributed by atoms with Crippen LogP contribution < -0.4 is 5.32 Å². The van der Waals surface area contributed by atoms with Crippen molar-refractivity contribution in [1.29, 1.82) is 0 Å². The van der Waals surface area contributed by atoms with Gasteiger partial charge in [0.05, 0.1) is 0 Å². The fourth-order valence-electron chi connectivity index (χ4n) is 2.92. The number of nitrogens with zero attached hydrogens (tertiary/aromatic N) is 1. The third-order valence-corrected chi connectivity index (χ3v) is 4.05. The Labute approximate surface area is 124 Å². The van der Waals surface area contributed by atoms with Crippen molar-refractivity contribution in [2.24, 2.45) is 5.41 Å². The minimum absolute atomic E-state index is 0.118. The van der Waals surface area contributed by atoms with E-state index < -0.39 is 5.82 Å². The molecule has 2 rings (SSSR count). The number of phenols is 1. The molecule has 1 aliphatic rings. The molecule has 112 valence electrons. The van der Waals surface area contributed by atoms with Gasteiger partial charge < -0.3 is 10.4 Å². The van der Waals surface area contributed by atoms with Crippen LogP contribution in [0.25, 0.3) is 0 Å². The van der Waals surface area contributed by atoms with Crippen molar-refractivity contribution >= 4 is 11.6 Å². The summed E-state index contributed by atoms with van der Waals surface area (Å²) >= 11 is 6.25. The molecule has 1 fully saturated rings. The number of benzene rings is 1. The molecule has 0 radical (unpaired) electrons. The third-order valence-electron chi connectivity index (χ3n) is 3.73. The quantitative estimate of drug-likeness (QED) is 0.880. The Bertz CT molecular complexity index is 481. The van der Waals surface area contributed by atoms with E-state index in [1.807, 2.05) is 0 Å². The van der Waals surface area contributed by atoms with Crippen molar-refractivity contribution < 1.29 is 9.50 Å². The number of rotatable bonds is 2. The van der Waals surface area contributed by atoms with E-state index in [0.29, 0.717) is 10.6 Å². The summed E-state index contributed by atoms with van der Waals surface area (Å²) in [4.78, 5) is 2.26. The minimum atomic E-state index is -0.617. The second kappa shape index (κ2) is 5.88. The molecule has 2 N–H and O–H groups in total. The van der Waals surface area contributed by atoms with Crippen LogP contribution in [0.15, 0.2) is 12.1 Å². The first-order valence-corrected chi connectivity index (χ1v) is 7.32. The Morgan fingerprint density at radius 3 is 2.45 bits per heavy atom. The van der Waals surface area contributed by atoms with Gasteiger partial charge in [-0.2, -0.15) is 0 Å². The zero-order valence-electron chi connectivity index (χ0n) is 12.2. The molecule has 0 amide bonds. The third kappa shape index (κ3) is 3.08. The largest absolute Gasteiger partial charge is 0.505 e. The van der Waals surface area contributed by atoms with Crippen molar-refractivity contribution in [3.63, 3.8) is 0 Å². The van der Waals surface area contributed by atoms with Gasteiger partial charge >= 0.3 is 0 Å². The number of halogens is 2. The van der Waals surface area contributed by atoms with Gasteiger partial charge in [-0.1, -0.05) is 32.4 Å². The predicted octanol–water partition coefficient (Wildman–Crippen LogP) is 3.18. The summed E-state index contributed by atoms with van der Waals surface area (Å²) in [6.07, 6.45) is 0. The smallest absolute Gasteiger partial charge is 0.165 e. The Hall–Kier alpha value is -0.840. The molecule has 3 nitrogen and oxygen atoms in total. The second-order valence-electron chi connectivity index (χ2n) is 6.35. The van der Waals surface area contributed by atoms with Crippen LogP contribution in [0.3, 0.4) is 0 Å². The summed E-state index contributed by atoms with van der Waals surface area (Å²) in [5, 5.41) is 13.9. The van der Waals surface area contributed by atoms with Crippen molar-refractivity contribution in [3.8, 4) is 5.75 Å². The zero-order chi connectivity index (χ0) is 14.9. The summed E-state index contributed by atoms with van der Waals surface area (Å²) in [6, 6.07) is 2.61. The van der Waals surface area contributed by atoms with Gasteiger partial charge in [-0.3, -0.25) is 4.90 Å². The summed E-state index contributed by atoms with van der Waals surface area (Å²) in [5.74, 6) is -0.940. The number of nitrogens with one attached hydrogen (secondary N) is 1. The molecule has 1 atom stereocenters. The maximum absolute atomic E-state index is 13.7. The highest BCUT2D eigenvalue weighted by Crippen LogP contribution is 2.45. The van der Waals surface area contributed by atoms with Crippen LogP contribution in [0.1, 0.15) is 32.4 Å². The molecular weight excluding hydrogens is 279 g/mol. The predicted molar refractivity (Wildman–Crippen MR) is 79.7 cm³/mol. The van der Waals surface area contributed by atoms with Gasteiger partial charge in [-0.15, -0.1) is 0 Å². The van der Waals surface area contributed by atoms with E-state index in [9.17, 15) is 9.50 Å². The van der Waals surface area contributed by atoms with Crippen LogP contribution in [-0.4, -0.2) is 36.2 Å². The molecule has 5 heteroatoms. The van der Waals surface area contributed by atoms with Crippen LogP contribution in [0.2, 0.25) is 5.02 Å². The van der Waals surface area contributed by atoms with Gasteiger partial charge in [-0.25, -0.2) is 4.39 Å². The van der Waals surface area contributed by atoms with Crippen molar-refractivity contribution in [2.75, 3.05) is 26.2 Å². The van der Waals surface area contributed by atoms with Crippen LogP contribution >= 0.6 is 11.6 Å². The molecule has 1 aromatic rings. The summed E-state index contributed by atoms with van der Waals surface area (Å²) in [6.45, 7) is 9.74. The molecule has 1 aliphatic heterocycles. The number of aromatic hydroxyl groups is 1. The molecule has 0 spiro atoms. The molecule has 1 heterocycles. The van der Waals surface area contributed by atoms with Crippen molar-refractivity contribution in [3.05, 3.63) is 28.5 Å². The average molecular weight is 301 g/mol. The van der Waals surface area contributed by atoms with Crippen LogP contribution in [0, 0.1) is 11.2 Å². The Morgan fingerprint density at radius 1 is 1.30 bits per heavy atom. The van der Waals surface area contributed by atoms with E-state index in [1.165, 1.54) is 12.1 Å². The van der Waals surface area contributed by atoms with Gasteiger partial charge in [0.15, 0.2) is 11.6 Å². The number of piperazine rings is 1. The first kappa shape index (κ1) is 15.5. The molecule has 0 saturated carbocycles. The fraction of sp³-hybridized carbons (Fsp3) is 0.600. The first-order valence-electron chi connectivity index (χ1n) is 6.94. The Morgan fingerprint density at radius 2 is 1.90 bits per heavy atom. The maximum Gasteiger partial charge on any atom is 0.165 e. The lowest BCUT2D eigenvalue weighted by molar-refractivity contribution is 0.0839. The molecule has 20 heavy (non-hydrogen) atoms. The van der Waals surface area contributed by atoms with E-state index >= 15 is 0 Å². The average Bonchev–Trinajstić information content (AvgIpc) is 2.39. The Balaban J connectivity index is 2.49. The monoisotopic (exact) mass is 300 g/mol. The van der Waals surface area contributed by atoms with E-state index in [1.54, 1.807) is 0 Å². The number of phenolic OH excluding ortho intramolecular Hbond substituents is 1. The SMILES string of the molecule is CC(C)(C)[C@@H](c1c(Cl)ccc(F)c1O)N1CCNCC1. The lowest BCUT2D eigenvalue weighted by Crippen LogP contribution is -2.48. The summed E-state index contributed by atoms with van der Waals surface area (Å²) in [5.41, 5.74) is 0.341. The molecule has 0 bridgehead atoms. The topological polar surface area (TPSA) is 35.5 Å². The normalized spacial score (nSPS) is 19.1. The Kier molecular flexibility index (Phi) is 4.57. The summed E-state index contributed by atoms with van der Waals surface area (Å²) < 4.78 is 13.7. The lowest BCUT2D eigenvalue weighted by Gasteiger charge is -2.43. The maximum atomic E-state index is 13.7. The van der Waals surface area contributed by atoms with E-state index in [4.69, 9.17) is 11.6 Å². The van der Waals surface area contributed by atoms with Crippen LogP contribution in [0.5, 0.6) is 5.75 Å². The van der Waals surface area contributed by atoms with Gasteiger partial charge in [-0.05, 0) is 17.5 Å². The molecular formula is C15H22ClFN2O. The highest BCUT2D eigenvalue weighted by Gasteiger charge is 2.36. The lowest BCUT2D eigenvalue weighted by atomic mass is 9.80. The van der Waals surface area contributed by atoms with E-state index in [-0.39, 0.29) is 17.2 Å². The second-order valence-corrected chi connectivity index (χ2v) is 6.75. The van der Waals surface area contributed by atoms with Crippen molar-refractivity contribution in [1.82, 2.24) is 10.2 Å². The summed E-state index contributed by atoms with van der Waals surface area (Å²) in [7, 11) is 0. The van der Waals surface area contributed by atoms with Gasteiger partial charge in [0.2, 0.25) is 0 Å². The standard InChI is InChI=1S/C15H22ClFN2O/c1-15(2,3)14(19-8-6-18-7-9-19)12-10(16)4-5-11(17)13(12)20/h4-5,14,18,20H,6-9H2,1-3H3/t14-/m1/s1. The van der Waals surface area contributed by atoms with E-state index in [2.05, 4.69) is 31.0 Å². The highest BCUT2D eigenvalue weighted by molar-refractivity contribution is 6.31. The molecule has 0 aromatic heterocycles. The van der Waals surface area contributed by atoms with Gasteiger partial charge in [0.1, 0.15) is 0 Å². The molecule has 0 unspecified atom stereocenters. The zero-order valence-corrected chi connectivity index (χ0v) is 13.0. The molecule has 1 aromatic carbocycles. The highest BCUT2D eigenvalue weighted by atomic mass is 35.5. The first-order chi connectivity index (χ1) is 9.32. The number of hydrogen-bond acceptors (Lipinski definition) is 3. The number of hydrogen-bond donors (Lipinski definition) is 2. The van der Waals surface area contributed by atoms with Gasteiger partial charge in [0, 0.05) is 42.8 Å². The molecule has 0 aliphatic carbocycles. The molecule has 1 saturated heterocycles. The van der Waals surface area contributed by atoms with Crippen LogP contribution in [0.4, 0.5) is 4.39 Å². The minimum Gasteiger partial charge on any atom is -0.505 e. The van der Waals surface area contributed by atoms with Crippen molar-refractivity contribution in [2.45, 2.75) is 26.8 Å².